The van der Waals surface area contributed by atoms with Crippen LogP contribution in [0.25, 0.3) is 10.6 Å². The molecule has 2 atom stereocenters. The van der Waals surface area contributed by atoms with Crippen molar-refractivity contribution >= 4 is 34.7 Å². The number of piperidine rings is 1. The molecule has 1 aliphatic rings. The molecule has 0 saturated carbocycles. The van der Waals surface area contributed by atoms with Crippen molar-refractivity contribution in [3.63, 3.8) is 0 Å². The molecule has 4 rings (SSSR count). The van der Waals surface area contributed by atoms with Crippen LogP contribution in [0.1, 0.15) is 41.7 Å². The number of aromatic nitrogens is 2. The van der Waals surface area contributed by atoms with Gasteiger partial charge in [0.15, 0.2) is 0 Å². The van der Waals surface area contributed by atoms with Crippen LogP contribution < -0.4 is 11.1 Å². The van der Waals surface area contributed by atoms with E-state index in [1.165, 1.54) is 18.5 Å². The third-order valence-corrected chi connectivity index (χ3v) is 6.35. The molecule has 9 heteroatoms. The topological polar surface area (TPSA) is 118 Å². The molecule has 164 valence electrons. The number of amides is 3. The van der Waals surface area contributed by atoms with E-state index in [4.69, 9.17) is 5.73 Å². The lowest BCUT2D eigenvalue weighted by Crippen LogP contribution is -2.46. The summed E-state index contributed by atoms with van der Waals surface area (Å²) in [6, 6.07) is 9.19. The molecule has 1 aromatic carbocycles. The fourth-order valence-electron chi connectivity index (χ4n) is 3.90. The lowest BCUT2D eigenvalue weighted by molar-refractivity contribution is -0.146. The Kier molecular flexibility index (Phi) is 6.27. The molecule has 1 aliphatic heterocycles. The molecule has 3 aromatic rings. The molecule has 0 aliphatic carbocycles. The van der Waals surface area contributed by atoms with Crippen LogP contribution in [0.2, 0.25) is 0 Å². The van der Waals surface area contributed by atoms with E-state index in [0.29, 0.717) is 6.54 Å². The van der Waals surface area contributed by atoms with E-state index in [9.17, 15) is 14.4 Å². The van der Waals surface area contributed by atoms with Crippen LogP contribution >= 0.6 is 11.3 Å². The molecule has 0 radical (unpaired) electrons. The summed E-state index contributed by atoms with van der Waals surface area (Å²) in [4.78, 5) is 47.0. The number of likely N-dealkylation sites (tertiary alicyclic amines) is 1. The average molecular weight is 450 g/mol. The molecule has 32 heavy (non-hydrogen) atoms. The predicted molar refractivity (Wildman–Crippen MR) is 122 cm³/mol. The highest BCUT2D eigenvalue weighted by Crippen LogP contribution is 2.34. The fraction of sp³-hybridized carbons (Fsp3) is 0.261. The second-order valence-corrected chi connectivity index (χ2v) is 8.79. The Labute approximate surface area is 189 Å². The van der Waals surface area contributed by atoms with Crippen molar-refractivity contribution < 1.29 is 14.4 Å². The number of pyridine rings is 1. The minimum Gasteiger partial charge on any atom is -0.366 e. The number of benzene rings is 1. The quantitative estimate of drug-likeness (QED) is 0.593. The third-order valence-electron chi connectivity index (χ3n) is 5.53. The second kappa shape index (κ2) is 9.27. The maximum Gasteiger partial charge on any atom is 0.313 e. The van der Waals surface area contributed by atoms with Gasteiger partial charge in [-0.1, -0.05) is 31.2 Å². The first kappa shape index (κ1) is 21.6. The van der Waals surface area contributed by atoms with Crippen LogP contribution in [0.5, 0.6) is 0 Å². The van der Waals surface area contributed by atoms with E-state index < -0.39 is 17.7 Å². The van der Waals surface area contributed by atoms with Gasteiger partial charge < -0.3 is 16.0 Å². The highest BCUT2D eigenvalue weighted by Gasteiger charge is 2.34. The van der Waals surface area contributed by atoms with Gasteiger partial charge in [0.25, 0.3) is 0 Å². The third kappa shape index (κ3) is 4.67. The van der Waals surface area contributed by atoms with E-state index in [2.05, 4.69) is 22.2 Å². The van der Waals surface area contributed by atoms with Gasteiger partial charge in [-0.3, -0.25) is 19.4 Å². The van der Waals surface area contributed by atoms with E-state index in [1.807, 2.05) is 29.6 Å². The molecule has 2 aromatic heterocycles. The Balaban J connectivity index is 1.52. The van der Waals surface area contributed by atoms with Crippen LogP contribution in [-0.2, 0) is 9.59 Å². The van der Waals surface area contributed by atoms with Gasteiger partial charge in [-0.25, -0.2) is 4.98 Å². The van der Waals surface area contributed by atoms with E-state index >= 15 is 0 Å². The summed E-state index contributed by atoms with van der Waals surface area (Å²) in [7, 11) is 0. The number of thiazole rings is 1. The van der Waals surface area contributed by atoms with Gasteiger partial charge in [-0.2, -0.15) is 0 Å². The summed E-state index contributed by atoms with van der Waals surface area (Å²) in [5, 5.41) is 5.41. The smallest absolute Gasteiger partial charge is 0.313 e. The number of nitrogens with zero attached hydrogens (tertiary/aromatic N) is 3. The SMILES string of the molecule is C[C@H]1CC[C@H](c2ccc(-c3nccs3)cc2)N(C(=O)C(=O)Nc2cncc(C(N)=O)c2)C1. The van der Waals surface area contributed by atoms with Crippen LogP contribution in [-0.4, -0.2) is 39.1 Å². The molecular formula is C23H23N5O3S. The standard InChI is InChI=1S/C23H23N5O3S/c1-14-2-7-19(15-3-5-16(6-4-15)22-26-8-9-32-22)28(13-14)23(31)21(30)27-18-10-17(20(24)29)11-25-12-18/h3-6,8-12,14,19H,2,7,13H2,1H3,(H2,24,29)(H,27,30)/t14-,19+/m0/s1. The zero-order valence-corrected chi connectivity index (χ0v) is 18.3. The van der Waals surface area contributed by atoms with E-state index in [-0.39, 0.29) is 23.2 Å². The first-order chi connectivity index (χ1) is 15.4. The number of carbonyl (C=O) groups is 3. The predicted octanol–water partition coefficient (Wildman–Crippen LogP) is 3.24. The summed E-state index contributed by atoms with van der Waals surface area (Å²) in [5.41, 5.74) is 7.66. The molecule has 1 fully saturated rings. The van der Waals surface area contributed by atoms with Crippen molar-refractivity contribution in [2.45, 2.75) is 25.8 Å². The van der Waals surface area contributed by atoms with Gasteiger partial charge in [0.1, 0.15) is 5.01 Å². The maximum absolute atomic E-state index is 13.1. The lowest BCUT2D eigenvalue weighted by atomic mass is 9.89. The summed E-state index contributed by atoms with van der Waals surface area (Å²) in [6.45, 7) is 2.56. The van der Waals surface area contributed by atoms with Crippen LogP contribution in [0.3, 0.4) is 0 Å². The molecule has 1 saturated heterocycles. The number of anilines is 1. The molecule has 8 nitrogen and oxygen atoms in total. The normalized spacial score (nSPS) is 18.2. The van der Waals surface area contributed by atoms with Gasteiger partial charge >= 0.3 is 11.8 Å². The Bertz CT molecular complexity index is 1130. The highest BCUT2D eigenvalue weighted by molar-refractivity contribution is 7.13. The van der Waals surface area contributed by atoms with Gasteiger partial charge in [0.05, 0.1) is 23.5 Å². The summed E-state index contributed by atoms with van der Waals surface area (Å²) < 4.78 is 0. The Morgan fingerprint density at radius 2 is 1.94 bits per heavy atom. The zero-order chi connectivity index (χ0) is 22.7. The van der Waals surface area contributed by atoms with Crippen molar-refractivity contribution in [3.05, 3.63) is 65.4 Å². The van der Waals surface area contributed by atoms with Gasteiger partial charge in [-0.05, 0) is 30.4 Å². The van der Waals surface area contributed by atoms with Crippen LogP contribution in [0, 0.1) is 5.92 Å². The number of hydrogen-bond acceptors (Lipinski definition) is 6. The number of nitrogens with one attached hydrogen (secondary N) is 1. The van der Waals surface area contributed by atoms with Crippen LogP contribution in [0.15, 0.2) is 54.3 Å². The Morgan fingerprint density at radius 1 is 1.16 bits per heavy atom. The zero-order valence-electron chi connectivity index (χ0n) is 17.5. The molecule has 0 spiro atoms. The van der Waals surface area contributed by atoms with Gasteiger partial charge in [0.2, 0.25) is 5.91 Å². The Hall–Kier alpha value is -3.59. The van der Waals surface area contributed by atoms with E-state index in [0.717, 1.165) is 29.0 Å². The minimum absolute atomic E-state index is 0.153. The number of carbonyl (C=O) groups excluding carboxylic acids is 3. The van der Waals surface area contributed by atoms with E-state index in [1.54, 1.807) is 22.4 Å². The summed E-state index contributed by atoms with van der Waals surface area (Å²) in [6.07, 6.45) is 6.18. The number of rotatable bonds is 4. The van der Waals surface area contributed by atoms with Crippen molar-refractivity contribution in [2.75, 3.05) is 11.9 Å². The fourth-order valence-corrected chi connectivity index (χ4v) is 4.54. The van der Waals surface area contributed by atoms with Crippen molar-refractivity contribution in [3.8, 4) is 10.6 Å². The first-order valence-electron chi connectivity index (χ1n) is 10.3. The largest absolute Gasteiger partial charge is 0.366 e. The first-order valence-corrected chi connectivity index (χ1v) is 11.2. The van der Waals surface area contributed by atoms with Crippen molar-refractivity contribution in [2.24, 2.45) is 11.7 Å². The average Bonchev–Trinajstić information content (AvgIpc) is 3.34. The summed E-state index contributed by atoms with van der Waals surface area (Å²) >= 11 is 1.57. The molecule has 3 heterocycles. The molecule has 0 bridgehead atoms. The monoisotopic (exact) mass is 449 g/mol. The molecule has 0 unspecified atom stereocenters. The molecule has 3 amide bonds. The number of hydrogen-bond donors (Lipinski definition) is 2. The Morgan fingerprint density at radius 3 is 2.62 bits per heavy atom. The molecular weight excluding hydrogens is 426 g/mol. The number of primary amides is 1. The number of nitrogens with two attached hydrogens (primary N) is 1. The summed E-state index contributed by atoms with van der Waals surface area (Å²) in [5.74, 6) is -1.76. The van der Waals surface area contributed by atoms with Crippen molar-refractivity contribution in [1.29, 1.82) is 0 Å². The van der Waals surface area contributed by atoms with Crippen molar-refractivity contribution in [1.82, 2.24) is 14.9 Å². The maximum atomic E-state index is 13.1. The molecule has 3 N–H and O–H groups in total. The highest BCUT2D eigenvalue weighted by atomic mass is 32.1. The van der Waals surface area contributed by atoms with Gasteiger partial charge in [0, 0.05) is 29.9 Å². The van der Waals surface area contributed by atoms with Crippen LogP contribution in [0.4, 0.5) is 5.69 Å². The minimum atomic E-state index is -0.771. The lowest BCUT2D eigenvalue weighted by Gasteiger charge is -2.38. The van der Waals surface area contributed by atoms with Gasteiger partial charge in [-0.15, -0.1) is 11.3 Å². The second-order valence-electron chi connectivity index (χ2n) is 7.90.